The van der Waals surface area contributed by atoms with Gasteiger partial charge in [-0.05, 0) is 12.1 Å². The summed E-state index contributed by atoms with van der Waals surface area (Å²) < 4.78 is 1.65. The minimum absolute atomic E-state index is 0.193. The van der Waals surface area contributed by atoms with Gasteiger partial charge in [0.25, 0.3) is 0 Å². The van der Waals surface area contributed by atoms with E-state index >= 15 is 0 Å². The van der Waals surface area contributed by atoms with Crippen molar-refractivity contribution in [2.24, 2.45) is 0 Å². The summed E-state index contributed by atoms with van der Waals surface area (Å²) in [7, 11) is 0. The average molecular weight is 351 g/mol. The first-order valence-corrected chi connectivity index (χ1v) is 8.59. The van der Waals surface area contributed by atoms with Crippen molar-refractivity contribution in [3.05, 3.63) is 113 Å². The molecule has 128 valence electrons. The monoisotopic (exact) mass is 351 g/mol. The van der Waals surface area contributed by atoms with Crippen molar-refractivity contribution in [3.63, 3.8) is 0 Å². The number of rotatable bonds is 2. The quantitative estimate of drug-likeness (QED) is 0.453. The molecule has 1 aliphatic rings. The third kappa shape index (κ3) is 2.07. The highest BCUT2D eigenvalue weighted by Crippen LogP contribution is 2.35. The summed E-state index contributed by atoms with van der Waals surface area (Å²) in [6, 6.07) is 20.9. The number of ketones is 3. The first-order valence-electron chi connectivity index (χ1n) is 8.59. The number of hydrogen-bond donors (Lipinski definition) is 0. The summed E-state index contributed by atoms with van der Waals surface area (Å²) in [5, 5.41) is 0. The fourth-order valence-electron chi connectivity index (χ4n) is 3.76. The van der Waals surface area contributed by atoms with Gasteiger partial charge < -0.3 is 4.40 Å². The molecule has 2 aromatic carbocycles. The Hall–Kier alpha value is -3.79. The smallest absolute Gasteiger partial charge is 0.210 e. The predicted octanol–water partition coefficient (Wildman–Crippen LogP) is 3.95. The van der Waals surface area contributed by atoms with Crippen LogP contribution in [0, 0.1) is 0 Å². The van der Waals surface area contributed by atoms with Crippen LogP contribution < -0.4 is 0 Å². The highest BCUT2D eigenvalue weighted by Gasteiger charge is 2.37. The van der Waals surface area contributed by atoms with Crippen LogP contribution in [0.15, 0.2) is 79.0 Å². The second-order valence-electron chi connectivity index (χ2n) is 6.45. The van der Waals surface area contributed by atoms with Gasteiger partial charge in [-0.2, -0.15) is 0 Å². The van der Waals surface area contributed by atoms with Crippen LogP contribution in [0.2, 0.25) is 0 Å². The fourth-order valence-corrected chi connectivity index (χ4v) is 3.76. The van der Waals surface area contributed by atoms with E-state index in [1.807, 2.05) is 6.07 Å². The molecule has 0 amide bonds. The summed E-state index contributed by atoms with van der Waals surface area (Å²) in [5.74, 6) is -0.794. The Morgan fingerprint density at radius 1 is 0.667 bits per heavy atom. The fraction of sp³-hybridized carbons (Fsp3) is 0. The molecule has 2 heterocycles. The summed E-state index contributed by atoms with van der Waals surface area (Å²) >= 11 is 0. The minimum atomic E-state index is -0.289. The second-order valence-corrected chi connectivity index (χ2v) is 6.45. The average Bonchev–Trinajstić information content (AvgIpc) is 3.08. The lowest BCUT2D eigenvalue weighted by molar-refractivity contribution is 0.0973. The molecule has 0 aliphatic heterocycles. The number of aromatic nitrogens is 1. The number of pyridine rings is 1. The van der Waals surface area contributed by atoms with Gasteiger partial charge >= 0.3 is 0 Å². The maximum atomic E-state index is 13.3. The van der Waals surface area contributed by atoms with Crippen molar-refractivity contribution in [1.29, 1.82) is 0 Å². The van der Waals surface area contributed by atoms with Crippen LogP contribution in [0.3, 0.4) is 0 Å². The van der Waals surface area contributed by atoms with Gasteiger partial charge in [0.2, 0.25) is 5.78 Å². The summed E-state index contributed by atoms with van der Waals surface area (Å²) in [6.45, 7) is 0. The Balaban J connectivity index is 1.88. The lowest BCUT2D eigenvalue weighted by Gasteiger charge is -2.15. The van der Waals surface area contributed by atoms with Gasteiger partial charge in [0.05, 0.1) is 16.6 Å². The normalized spacial score (nSPS) is 12.7. The lowest BCUT2D eigenvalue weighted by atomic mass is 9.84. The molecule has 4 nitrogen and oxygen atoms in total. The van der Waals surface area contributed by atoms with E-state index in [1.54, 1.807) is 77.3 Å². The highest BCUT2D eigenvalue weighted by molar-refractivity contribution is 6.34. The molecule has 2 aromatic heterocycles. The topological polar surface area (TPSA) is 55.6 Å². The van der Waals surface area contributed by atoms with E-state index in [4.69, 9.17) is 0 Å². The van der Waals surface area contributed by atoms with Gasteiger partial charge in [0.1, 0.15) is 5.69 Å². The highest BCUT2D eigenvalue weighted by atomic mass is 16.1. The third-order valence-electron chi connectivity index (χ3n) is 4.97. The predicted molar refractivity (Wildman–Crippen MR) is 101 cm³/mol. The molecule has 5 rings (SSSR count). The maximum absolute atomic E-state index is 13.3. The van der Waals surface area contributed by atoms with Crippen molar-refractivity contribution in [1.82, 2.24) is 4.40 Å². The van der Waals surface area contributed by atoms with Gasteiger partial charge in [-0.3, -0.25) is 14.4 Å². The molecule has 0 spiro atoms. The molecule has 0 atom stereocenters. The Morgan fingerprint density at radius 2 is 1.26 bits per heavy atom. The summed E-state index contributed by atoms with van der Waals surface area (Å²) in [5.41, 5.74) is 2.50. The van der Waals surface area contributed by atoms with Crippen LogP contribution in [-0.2, 0) is 0 Å². The first-order chi connectivity index (χ1) is 13.2. The Labute approximate surface area is 154 Å². The van der Waals surface area contributed by atoms with Gasteiger partial charge in [0, 0.05) is 22.9 Å². The molecule has 1 aliphatic carbocycles. The van der Waals surface area contributed by atoms with Crippen LogP contribution in [0.1, 0.15) is 47.9 Å². The van der Waals surface area contributed by atoms with E-state index in [0.717, 1.165) is 0 Å². The van der Waals surface area contributed by atoms with E-state index in [1.165, 1.54) is 0 Å². The van der Waals surface area contributed by atoms with Crippen molar-refractivity contribution in [2.45, 2.75) is 0 Å². The van der Waals surface area contributed by atoms with Crippen LogP contribution in [0.4, 0.5) is 0 Å². The zero-order valence-corrected chi connectivity index (χ0v) is 14.2. The molecule has 0 saturated carbocycles. The van der Waals surface area contributed by atoms with Crippen molar-refractivity contribution in [2.75, 3.05) is 0 Å². The Kier molecular flexibility index (Phi) is 3.21. The number of hydrogen-bond acceptors (Lipinski definition) is 3. The molecule has 0 unspecified atom stereocenters. The molecular weight excluding hydrogens is 338 g/mol. The van der Waals surface area contributed by atoms with E-state index in [9.17, 15) is 14.4 Å². The molecular formula is C23H13NO3. The number of benzene rings is 2. The van der Waals surface area contributed by atoms with Crippen molar-refractivity contribution in [3.8, 4) is 0 Å². The van der Waals surface area contributed by atoms with Crippen LogP contribution in [0.5, 0.6) is 0 Å². The lowest BCUT2D eigenvalue weighted by Crippen LogP contribution is -2.21. The van der Waals surface area contributed by atoms with Crippen LogP contribution in [-0.4, -0.2) is 21.8 Å². The van der Waals surface area contributed by atoms with Crippen molar-refractivity contribution < 1.29 is 14.4 Å². The minimum Gasteiger partial charge on any atom is -0.312 e. The zero-order chi connectivity index (χ0) is 18.5. The zero-order valence-electron chi connectivity index (χ0n) is 14.2. The van der Waals surface area contributed by atoms with Crippen LogP contribution >= 0.6 is 0 Å². The standard InChI is InChI=1S/C23H13NO3/c25-21(14-8-2-1-3-9-14)20-19-18(17-12-6-7-13-24(17)20)22(26)15-10-4-5-11-16(15)23(19)27/h1-13H. The van der Waals surface area contributed by atoms with E-state index in [2.05, 4.69) is 0 Å². The SMILES string of the molecule is O=C1c2ccccc2C(=O)c2c1c(C(=O)c1ccccc1)n1ccccc21. The third-order valence-corrected chi connectivity index (χ3v) is 4.97. The van der Waals surface area contributed by atoms with E-state index in [-0.39, 0.29) is 28.6 Å². The number of carbonyl (C=O) groups excluding carboxylic acids is 3. The summed E-state index contributed by atoms with van der Waals surface area (Å²) in [4.78, 5) is 39.7. The first kappa shape index (κ1) is 15.5. The van der Waals surface area contributed by atoms with Gasteiger partial charge in [-0.1, -0.05) is 60.7 Å². The van der Waals surface area contributed by atoms with Crippen molar-refractivity contribution >= 4 is 22.9 Å². The molecule has 0 N–H and O–H groups in total. The molecule has 0 bridgehead atoms. The van der Waals surface area contributed by atoms with Gasteiger partial charge in [-0.15, -0.1) is 0 Å². The largest absolute Gasteiger partial charge is 0.312 e. The van der Waals surface area contributed by atoms with E-state index in [0.29, 0.717) is 27.8 Å². The van der Waals surface area contributed by atoms with E-state index < -0.39 is 0 Å². The second kappa shape index (κ2) is 5.61. The number of nitrogens with zero attached hydrogens (tertiary/aromatic N) is 1. The van der Waals surface area contributed by atoms with Crippen LogP contribution in [0.25, 0.3) is 5.52 Å². The molecule has 27 heavy (non-hydrogen) atoms. The number of fused-ring (bicyclic) bond motifs is 4. The molecule has 0 saturated heterocycles. The van der Waals surface area contributed by atoms with Gasteiger partial charge in [0.15, 0.2) is 11.6 Å². The molecule has 4 heteroatoms. The number of carbonyl (C=O) groups is 3. The Morgan fingerprint density at radius 3 is 1.96 bits per heavy atom. The van der Waals surface area contributed by atoms with Gasteiger partial charge in [-0.25, -0.2) is 0 Å². The maximum Gasteiger partial charge on any atom is 0.210 e. The summed E-state index contributed by atoms with van der Waals surface area (Å²) in [6.07, 6.45) is 1.72. The molecule has 0 fully saturated rings. The molecule has 0 radical (unpaired) electrons. The molecule has 4 aromatic rings. The Bertz CT molecular complexity index is 1270.